The molecule has 10 heavy (non-hydrogen) atoms. The second-order valence-corrected chi connectivity index (χ2v) is 1.95. The zero-order valence-electron chi connectivity index (χ0n) is 6.38. The number of aliphatic hydroxyl groups is 1. The largest absolute Gasteiger partial charge is 0.396 e. The fourth-order valence-corrected chi connectivity index (χ4v) is 0.602. The van der Waals surface area contributed by atoms with Crippen LogP contribution in [0.1, 0.15) is 13.3 Å². The van der Waals surface area contributed by atoms with Crippen LogP contribution in [-0.4, -0.2) is 11.7 Å². The smallest absolute Gasteiger partial charge is 0.0471 e. The molecule has 0 unspecified atom stereocenters. The lowest BCUT2D eigenvalue weighted by Gasteiger charge is -1.93. The highest BCUT2D eigenvalue weighted by Crippen LogP contribution is 2.00. The van der Waals surface area contributed by atoms with E-state index in [1.54, 1.807) is 6.08 Å². The standard InChI is InChI=1S/C9H14O/c1-3-5-6-9(4-2)7-8-10/h3-6,10H,2,7-8H2,1H3/b5-3-,9-6+. The van der Waals surface area contributed by atoms with Gasteiger partial charge in [0.05, 0.1) is 0 Å². The van der Waals surface area contributed by atoms with Gasteiger partial charge in [-0.15, -0.1) is 0 Å². The molecule has 0 aliphatic rings. The second-order valence-electron chi connectivity index (χ2n) is 1.95. The van der Waals surface area contributed by atoms with Gasteiger partial charge < -0.3 is 5.11 Å². The summed E-state index contributed by atoms with van der Waals surface area (Å²) in [5.74, 6) is 0. The number of rotatable bonds is 4. The van der Waals surface area contributed by atoms with Crippen LogP contribution in [0.15, 0.2) is 36.5 Å². The maximum Gasteiger partial charge on any atom is 0.0471 e. The molecule has 0 aliphatic carbocycles. The minimum Gasteiger partial charge on any atom is -0.396 e. The zero-order chi connectivity index (χ0) is 7.82. The predicted molar refractivity (Wildman–Crippen MR) is 44.8 cm³/mol. The average molecular weight is 138 g/mol. The minimum absolute atomic E-state index is 0.190. The van der Waals surface area contributed by atoms with E-state index in [-0.39, 0.29) is 6.61 Å². The van der Waals surface area contributed by atoms with Crippen molar-refractivity contribution in [1.82, 2.24) is 0 Å². The van der Waals surface area contributed by atoms with E-state index >= 15 is 0 Å². The Balaban J connectivity index is 3.90. The Morgan fingerprint density at radius 1 is 1.60 bits per heavy atom. The molecular weight excluding hydrogens is 124 g/mol. The van der Waals surface area contributed by atoms with Crippen molar-refractivity contribution in [2.45, 2.75) is 13.3 Å². The second kappa shape index (κ2) is 6.30. The summed E-state index contributed by atoms with van der Waals surface area (Å²) in [5, 5.41) is 8.55. The Morgan fingerprint density at radius 2 is 2.30 bits per heavy atom. The summed E-state index contributed by atoms with van der Waals surface area (Å²) in [7, 11) is 0. The van der Waals surface area contributed by atoms with E-state index < -0.39 is 0 Å². The van der Waals surface area contributed by atoms with E-state index in [0.717, 1.165) is 5.57 Å². The summed E-state index contributed by atoms with van der Waals surface area (Å²) in [6, 6.07) is 0. The first-order valence-electron chi connectivity index (χ1n) is 3.40. The van der Waals surface area contributed by atoms with E-state index in [9.17, 15) is 0 Å². The molecule has 0 heterocycles. The Bertz CT molecular complexity index is 143. The summed E-state index contributed by atoms with van der Waals surface area (Å²) < 4.78 is 0. The van der Waals surface area contributed by atoms with E-state index in [1.165, 1.54) is 0 Å². The van der Waals surface area contributed by atoms with Crippen LogP contribution < -0.4 is 0 Å². The molecule has 0 bridgehead atoms. The number of allylic oxidation sites excluding steroid dienone is 4. The molecule has 0 saturated carbocycles. The topological polar surface area (TPSA) is 20.2 Å². The third-order valence-corrected chi connectivity index (χ3v) is 1.17. The van der Waals surface area contributed by atoms with Gasteiger partial charge in [0.15, 0.2) is 0 Å². The molecule has 56 valence electrons. The Morgan fingerprint density at radius 3 is 2.70 bits per heavy atom. The molecule has 0 spiro atoms. The van der Waals surface area contributed by atoms with E-state index in [2.05, 4.69) is 6.58 Å². The number of hydrogen-bond acceptors (Lipinski definition) is 1. The maximum absolute atomic E-state index is 8.55. The first kappa shape index (κ1) is 9.18. The van der Waals surface area contributed by atoms with E-state index in [0.29, 0.717) is 6.42 Å². The predicted octanol–water partition coefficient (Wildman–Crippen LogP) is 2.06. The van der Waals surface area contributed by atoms with Crippen molar-refractivity contribution in [2.75, 3.05) is 6.61 Å². The zero-order valence-corrected chi connectivity index (χ0v) is 6.38. The Hall–Kier alpha value is -0.820. The highest BCUT2D eigenvalue weighted by molar-refractivity contribution is 5.21. The van der Waals surface area contributed by atoms with Crippen molar-refractivity contribution in [2.24, 2.45) is 0 Å². The fraction of sp³-hybridized carbons (Fsp3) is 0.333. The molecule has 0 amide bonds. The van der Waals surface area contributed by atoms with Crippen LogP contribution in [0.4, 0.5) is 0 Å². The lowest BCUT2D eigenvalue weighted by molar-refractivity contribution is 0.300. The molecule has 1 heteroatoms. The molecule has 0 aliphatic heterocycles. The van der Waals surface area contributed by atoms with E-state index in [4.69, 9.17) is 5.11 Å². The van der Waals surface area contributed by atoms with Gasteiger partial charge in [0.25, 0.3) is 0 Å². The highest BCUT2D eigenvalue weighted by atomic mass is 16.2. The van der Waals surface area contributed by atoms with Crippen molar-refractivity contribution in [3.63, 3.8) is 0 Å². The van der Waals surface area contributed by atoms with Crippen molar-refractivity contribution in [3.8, 4) is 0 Å². The summed E-state index contributed by atoms with van der Waals surface area (Å²) in [6.07, 6.45) is 8.28. The average Bonchev–Trinajstić information content (AvgIpc) is 1.98. The first-order valence-corrected chi connectivity index (χ1v) is 3.40. The van der Waals surface area contributed by atoms with E-state index in [1.807, 2.05) is 25.2 Å². The number of aliphatic hydroxyl groups excluding tert-OH is 1. The van der Waals surface area contributed by atoms with Crippen LogP contribution in [0.2, 0.25) is 0 Å². The summed E-state index contributed by atoms with van der Waals surface area (Å²) in [6.45, 7) is 5.76. The van der Waals surface area contributed by atoms with Crippen LogP contribution in [0, 0.1) is 0 Å². The van der Waals surface area contributed by atoms with Crippen LogP contribution >= 0.6 is 0 Å². The molecule has 0 atom stereocenters. The van der Waals surface area contributed by atoms with Gasteiger partial charge >= 0.3 is 0 Å². The van der Waals surface area contributed by atoms with Crippen LogP contribution in [-0.2, 0) is 0 Å². The molecule has 0 aromatic rings. The molecule has 0 aromatic carbocycles. The van der Waals surface area contributed by atoms with Crippen molar-refractivity contribution in [1.29, 1.82) is 0 Å². The lowest BCUT2D eigenvalue weighted by Crippen LogP contribution is -1.83. The van der Waals surface area contributed by atoms with Gasteiger partial charge in [-0.05, 0) is 18.9 Å². The highest BCUT2D eigenvalue weighted by Gasteiger charge is 1.85. The van der Waals surface area contributed by atoms with Gasteiger partial charge in [0.1, 0.15) is 0 Å². The number of hydrogen-bond donors (Lipinski definition) is 1. The lowest BCUT2D eigenvalue weighted by atomic mass is 10.2. The third kappa shape index (κ3) is 4.10. The van der Waals surface area contributed by atoms with Crippen LogP contribution in [0.5, 0.6) is 0 Å². The van der Waals surface area contributed by atoms with Crippen LogP contribution in [0.3, 0.4) is 0 Å². The monoisotopic (exact) mass is 138 g/mol. The normalized spacial score (nSPS) is 12.4. The molecular formula is C9H14O. The SMILES string of the molecule is C=C/C(=C\C=C/C)CCO. The molecule has 0 aromatic heterocycles. The Kier molecular flexibility index (Phi) is 5.79. The molecule has 0 saturated heterocycles. The fourth-order valence-electron chi connectivity index (χ4n) is 0.602. The van der Waals surface area contributed by atoms with Gasteiger partial charge in [0, 0.05) is 6.61 Å². The van der Waals surface area contributed by atoms with Gasteiger partial charge in [0.2, 0.25) is 0 Å². The quantitative estimate of drug-likeness (QED) is 0.589. The van der Waals surface area contributed by atoms with Crippen molar-refractivity contribution in [3.05, 3.63) is 36.5 Å². The molecule has 1 nitrogen and oxygen atoms in total. The Labute approximate surface area is 62.4 Å². The van der Waals surface area contributed by atoms with Crippen molar-refractivity contribution < 1.29 is 5.11 Å². The summed E-state index contributed by atoms with van der Waals surface area (Å²) >= 11 is 0. The summed E-state index contributed by atoms with van der Waals surface area (Å²) in [4.78, 5) is 0. The van der Waals surface area contributed by atoms with Crippen molar-refractivity contribution >= 4 is 0 Å². The van der Waals surface area contributed by atoms with Crippen LogP contribution in [0.25, 0.3) is 0 Å². The van der Waals surface area contributed by atoms with Gasteiger partial charge in [-0.25, -0.2) is 0 Å². The van der Waals surface area contributed by atoms with Gasteiger partial charge in [-0.3, -0.25) is 0 Å². The molecule has 0 rings (SSSR count). The molecule has 0 fully saturated rings. The van der Waals surface area contributed by atoms with Gasteiger partial charge in [-0.1, -0.05) is 30.9 Å². The van der Waals surface area contributed by atoms with Gasteiger partial charge in [-0.2, -0.15) is 0 Å². The molecule has 0 radical (unpaired) electrons. The maximum atomic E-state index is 8.55. The first-order chi connectivity index (χ1) is 4.85. The molecule has 1 N–H and O–H groups in total. The summed E-state index contributed by atoms with van der Waals surface area (Å²) in [5.41, 5.74) is 1.07. The minimum atomic E-state index is 0.190. The third-order valence-electron chi connectivity index (χ3n) is 1.17.